The second-order valence-corrected chi connectivity index (χ2v) is 5.17. The van der Waals surface area contributed by atoms with E-state index in [1.807, 2.05) is 13.8 Å². The average molecular weight is 253 g/mol. The lowest BCUT2D eigenvalue weighted by molar-refractivity contribution is -0.127. The molecule has 0 bridgehead atoms. The van der Waals surface area contributed by atoms with Crippen LogP contribution in [0.3, 0.4) is 0 Å². The van der Waals surface area contributed by atoms with Gasteiger partial charge in [-0.3, -0.25) is 9.59 Å². The van der Waals surface area contributed by atoms with E-state index in [-0.39, 0.29) is 11.8 Å². The van der Waals surface area contributed by atoms with Crippen LogP contribution in [0.2, 0.25) is 0 Å². The standard InChI is InChI=1S/C13H23N3O2/c1-8(2)5-15-13(18)10(4)16-12(17)9(3)11-6-14-7-11/h8,10,14H,5-7H2,1-4H3,(H,15,18)(H,16,17). The summed E-state index contributed by atoms with van der Waals surface area (Å²) in [7, 11) is 0. The van der Waals surface area contributed by atoms with Gasteiger partial charge in [0.15, 0.2) is 0 Å². The molecule has 0 radical (unpaired) electrons. The van der Waals surface area contributed by atoms with Crippen molar-refractivity contribution in [3.05, 3.63) is 11.1 Å². The predicted octanol–water partition coefficient (Wildman–Crippen LogP) is 0.183. The Kier molecular flexibility index (Phi) is 5.34. The van der Waals surface area contributed by atoms with E-state index >= 15 is 0 Å². The minimum absolute atomic E-state index is 0.137. The van der Waals surface area contributed by atoms with Gasteiger partial charge in [0.05, 0.1) is 0 Å². The molecule has 0 aromatic carbocycles. The molecule has 0 aromatic heterocycles. The van der Waals surface area contributed by atoms with Crippen molar-refractivity contribution >= 4 is 11.8 Å². The average Bonchev–Trinajstić information content (AvgIpc) is 2.22. The fourth-order valence-corrected chi connectivity index (χ4v) is 1.50. The highest BCUT2D eigenvalue weighted by Gasteiger charge is 2.20. The SMILES string of the molecule is CC(C(=O)NC(C)C(=O)NCC(C)C)=C1CNC1. The van der Waals surface area contributed by atoms with Crippen LogP contribution in [0.1, 0.15) is 27.7 Å². The molecule has 3 N–H and O–H groups in total. The lowest BCUT2D eigenvalue weighted by Crippen LogP contribution is -2.47. The molecule has 102 valence electrons. The normalized spacial score (nSPS) is 15.9. The molecule has 1 heterocycles. The molecule has 0 aliphatic carbocycles. The highest BCUT2D eigenvalue weighted by atomic mass is 16.2. The van der Waals surface area contributed by atoms with Crippen LogP contribution in [-0.4, -0.2) is 37.5 Å². The Bertz CT molecular complexity index is 355. The first-order valence-corrected chi connectivity index (χ1v) is 6.39. The number of rotatable bonds is 5. The molecule has 1 fully saturated rings. The van der Waals surface area contributed by atoms with Gasteiger partial charge in [-0.1, -0.05) is 13.8 Å². The van der Waals surface area contributed by atoms with Gasteiger partial charge >= 0.3 is 0 Å². The number of hydrogen-bond acceptors (Lipinski definition) is 3. The summed E-state index contributed by atoms with van der Waals surface area (Å²) in [5, 5.41) is 8.61. The summed E-state index contributed by atoms with van der Waals surface area (Å²) >= 11 is 0. The van der Waals surface area contributed by atoms with E-state index in [4.69, 9.17) is 0 Å². The van der Waals surface area contributed by atoms with Crippen LogP contribution in [0.15, 0.2) is 11.1 Å². The second-order valence-electron chi connectivity index (χ2n) is 5.17. The number of amides is 2. The van der Waals surface area contributed by atoms with Crippen LogP contribution in [0.5, 0.6) is 0 Å². The van der Waals surface area contributed by atoms with E-state index in [9.17, 15) is 9.59 Å². The predicted molar refractivity (Wildman–Crippen MR) is 71.0 cm³/mol. The van der Waals surface area contributed by atoms with E-state index < -0.39 is 6.04 Å². The van der Waals surface area contributed by atoms with Gasteiger partial charge < -0.3 is 16.0 Å². The molecular weight excluding hydrogens is 230 g/mol. The zero-order valence-electron chi connectivity index (χ0n) is 11.6. The first kappa shape index (κ1) is 14.7. The van der Waals surface area contributed by atoms with Crippen molar-refractivity contribution in [3.8, 4) is 0 Å². The lowest BCUT2D eigenvalue weighted by atomic mass is 10.0. The van der Waals surface area contributed by atoms with Crippen molar-refractivity contribution in [1.82, 2.24) is 16.0 Å². The van der Waals surface area contributed by atoms with Gasteiger partial charge in [0, 0.05) is 25.2 Å². The van der Waals surface area contributed by atoms with Gasteiger partial charge in [-0.25, -0.2) is 0 Å². The summed E-state index contributed by atoms with van der Waals surface area (Å²) in [5.41, 5.74) is 1.83. The molecule has 5 heteroatoms. The Morgan fingerprint density at radius 1 is 1.28 bits per heavy atom. The summed E-state index contributed by atoms with van der Waals surface area (Å²) < 4.78 is 0. The Morgan fingerprint density at radius 2 is 1.89 bits per heavy atom. The van der Waals surface area contributed by atoms with E-state index in [1.165, 1.54) is 0 Å². The number of nitrogens with one attached hydrogen (secondary N) is 3. The maximum Gasteiger partial charge on any atom is 0.247 e. The molecule has 0 saturated carbocycles. The molecule has 2 amide bonds. The van der Waals surface area contributed by atoms with Gasteiger partial charge in [0.1, 0.15) is 6.04 Å². The fraction of sp³-hybridized carbons (Fsp3) is 0.692. The third-order valence-corrected chi connectivity index (χ3v) is 2.97. The Labute approximate surface area is 108 Å². The van der Waals surface area contributed by atoms with E-state index in [0.29, 0.717) is 12.5 Å². The van der Waals surface area contributed by atoms with Crippen molar-refractivity contribution in [2.75, 3.05) is 19.6 Å². The molecule has 1 aliphatic heterocycles. The van der Waals surface area contributed by atoms with Crippen molar-refractivity contribution in [1.29, 1.82) is 0 Å². The van der Waals surface area contributed by atoms with Crippen molar-refractivity contribution < 1.29 is 9.59 Å². The number of carbonyl (C=O) groups is 2. The van der Waals surface area contributed by atoms with E-state index in [0.717, 1.165) is 24.2 Å². The van der Waals surface area contributed by atoms with Gasteiger partial charge in [0.2, 0.25) is 11.8 Å². The Hall–Kier alpha value is -1.36. The number of hydrogen-bond donors (Lipinski definition) is 3. The maximum absolute atomic E-state index is 11.9. The van der Waals surface area contributed by atoms with Crippen LogP contribution in [0.25, 0.3) is 0 Å². The lowest BCUT2D eigenvalue weighted by Gasteiger charge is -2.22. The van der Waals surface area contributed by atoms with Crippen LogP contribution < -0.4 is 16.0 Å². The summed E-state index contributed by atoms with van der Waals surface area (Å²) in [6, 6.07) is -0.500. The smallest absolute Gasteiger partial charge is 0.247 e. The summed E-state index contributed by atoms with van der Waals surface area (Å²) in [5.74, 6) is 0.113. The quantitative estimate of drug-likeness (QED) is 0.612. The molecular formula is C13H23N3O2. The molecule has 1 rings (SSSR count). The Morgan fingerprint density at radius 3 is 2.33 bits per heavy atom. The van der Waals surface area contributed by atoms with Crippen molar-refractivity contribution in [3.63, 3.8) is 0 Å². The van der Waals surface area contributed by atoms with Crippen LogP contribution >= 0.6 is 0 Å². The first-order valence-electron chi connectivity index (χ1n) is 6.39. The van der Waals surface area contributed by atoms with Crippen LogP contribution in [-0.2, 0) is 9.59 Å². The van der Waals surface area contributed by atoms with Gasteiger partial charge in [-0.2, -0.15) is 0 Å². The van der Waals surface area contributed by atoms with E-state index in [2.05, 4.69) is 16.0 Å². The molecule has 1 aliphatic rings. The Balaban J connectivity index is 2.41. The summed E-state index contributed by atoms with van der Waals surface area (Å²) in [6.07, 6.45) is 0. The van der Waals surface area contributed by atoms with Gasteiger partial charge in [-0.05, 0) is 25.3 Å². The first-order chi connectivity index (χ1) is 8.41. The largest absolute Gasteiger partial charge is 0.354 e. The zero-order valence-corrected chi connectivity index (χ0v) is 11.6. The summed E-state index contributed by atoms with van der Waals surface area (Å²) in [6.45, 7) is 9.72. The van der Waals surface area contributed by atoms with Crippen LogP contribution in [0, 0.1) is 5.92 Å². The minimum atomic E-state index is -0.500. The molecule has 1 saturated heterocycles. The third kappa shape index (κ3) is 4.14. The zero-order chi connectivity index (χ0) is 13.7. The van der Waals surface area contributed by atoms with Gasteiger partial charge in [-0.15, -0.1) is 0 Å². The highest BCUT2D eigenvalue weighted by Crippen LogP contribution is 2.08. The molecule has 0 aromatic rings. The van der Waals surface area contributed by atoms with Gasteiger partial charge in [0.25, 0.3) is 0 Å². The second kappa shape index (κ2) is 6.54. The highest BCUT2D eigenvalue weighted by molar-refractivity contribution is 5.97. The number of carbonyl (C=O) groups excluding carboxylic acids is 2. The minimum Gasteiger partial charge on any atom is -0.354 e. The molecule has 1 atom stereocenters. The molecule has 1 unspecified atom stereocenters. The molecule has 18 heavy (non-hydrogen) atoms. The van der Waals surface area contributed by atoms with Crippen LogP contribution in [0.4, 0.5) is 0 Å². The van der Waals surface area contributed by atoms with Crippen molar-refractivity contribution in [2.24, 2.45) is 5.92 Å². The monoisotopic (exact) mass is 253 g/mol. The summed E-state index contributed by atoms with van der Waals surface area (Å²) in [4.78, 5) is 23.6. The fourth-order valence-electron chi connectivity index (χ4n) is 1.50. The van der Waals surface area contributed by atoms with E-state index in [1.54, 1.807) is 13.8 Å². The third-order valence-electron chi connectivity index (χ3n) is 2.97. The topological polar surface area (TPSA) is 70.2 Å². The van der Waals surface area contributed by atoms with Crippen molar-refractivity contribution in [2.45, 2.75) is 33.7 Å². The maximum atomic E-state index is 11.9. The molecule has 5 nitrogen and oxygen atoms in total. The molecule has 0 spiro atoms.